The molecule has 0 aliphatic carbocycles. The number of ether oxygens (including phenoxy) is 1. The van der Waals surface area contributed by atoms with Crippen LogP contribution in [-0.2, 0) is 17.9 Å². The number of nitrogens with one attached hydrogen (secondary N) is 1. The Morgan fingerprint density at radius 1 is 1.27 bits per heavy atom. The van der Waals surface area contributed by atoms with E-state index < -0.39 is 12.8 Å². The number of aromatic nitrogens is 2. The zero-order chi connectivity index (χ0) is 21.6. The molecular formula is C21H28F3N5O. The molecule has 0 spiro atoms. The first kappa shape index (κ1) is 22.1. The van der Waals surface area contributed by atoms with Crippen LogP contribution in [0.4, 0.5) is 13.2 Å². The van der Waals surface area contributed by atoms with Crippen molar-refractivity contribution < 1.29 is 17.9 Å². The molecule has 0 amide bonds. The molecule has 1 aliphatic rings. The van der Waals surface area contributed by atoms with Crippen molar-refractivity contribution in [3.8, 4) is 0 Å². The molecule has 0 bridgehead atoms. The maximum Gasteiger partial charge on any atom is 0.411 e. The Kier molecular flexibility index (Phi) is 7.36. The highest BCUT2D eigenvalue weighted by atomic mass is 19.4. The van der Waals surface area contributed by atoms with Crippen LogP contribution in [0.25, 0.3) is 0 Å². The highest BCUT2D eigenvalue weighted by molar-refractivity contribution is 5.80. The zero-order valence-corrected chi connectivity index (χ0v) is 17.3. The summed E-state index contributed by atoms with van der Waals surface area (Å²) in [5, 5.41) is 3.39. The number of alkyl halides is 3. The fourth-order valence-corrected chi connectivity index (χ4v) is 3.65. The third-order valence-electron chi connectivity index (χ3n) is 5.35. The molecule has 2 unspecified atom stereocenters. The van der Waals surface area contributed by atoms with Crippen LogP contribution in [0.1, 0.15) is 30.5 Å². The average Bonchev–Trinajstić information content (AvgIpc) is 3.24. The van der Waals surface area contributed by atoms with E-state index in [1.54, 1.807) is 25.4 Å². The fourth-order valence-electron chi connectivity index (χ4n) is 3.65. The minimum atomic E-state index is -4.30. The van der Waals surface area contributed by atoms with Crippen LogP contribution in [0.3, 0.4) is 0 Å². The number of piperidine rings is 1. The first-order valence-corrected chi connectivity index (χ1v) is 10.0. The lowest BCUT2D eigenvalue weighted by Crippen LogP contribution is -2.48. The van der Waals surface area contributed by atoms with Gasteiger partial charge in [-0.05, 0) is 23.5 Å². The summed E-state index contributed by atoms with van der Waals surface area (Å²) >= 11 is 0. The van der Waals surface area contributed by atoms with Crippen LogP contribution in [0.2, 0.25) is 0 Å². The van der Waals surface area contributed by atoms with Gasteiger partial charge in [-0.2, -0.15) is 13.2 Å². The Bertz CT molecular complexity index is 805. The predicted molar refractivity (Wildman–Crippen MR) is 109 cm³/mol. The molecular weight excluding hydrogens is 395 g/mol. The molecule has 2 heterocycles. The highest BCUT2D eigenvalue weighted by Gasteiger charge is 2.29. The molecule has 0 saturated carbocycles. The minimum absolute atomic E-state index is 0.0590. The van der Waals surface area contributed by atoms with E-state index >= 15 is 0 Å². The van der Waals surface area contributed by atoms with E-state index in [-0.39, 0.29) is 6.61 Å². The first-order valence-electron chi connectivity index (χ1n) is 10.0. The van der Waals surface area contributed by atoms with Crippen molar-refractivity contribution >= 4 is 5.96 Å². The van der Waals surface area contributed by atoms with Gasteiger partial charge in [0.15, 0.2) is 5.96 Å². The second-order valence-electron chi connectivity index (χ2n) is 7.61. The normalized spacial score (nSPS) is 20.4. The number of halogens is 3. The Labute approximate surface area is 174 Å². The molecule has 164 valence electrons. The number of hydrogen-bond acceptors (Lipinski definition) is 3. The Morgan fingerprint density at radius 3 is 2.63 bits per heavy atom. The van der Waals surface area contributed by atoms with Crippen molar-refractivity contribution in [3.63, 3.8) is 0 Å². The Morgan fingerprint density at radius 2 is 2.00 bits per heavy atom. The molecule has 1 fully saturated rings. The van der Waals surface area contributed by atoms with Gasteiger partial charge in [-0.25, -0.2) is 4.98 Å². The summed E-state index contributed by atoms with van der Waals surface area (Å²) in [6.45, 7) is 3.34. The van der Waals surface area contributed by atoms with Gasteiger partial charge in [0.25, 0.3) is 0 Å². The number of hydrogen-bond donors (Lipinski definition) is 1. The lowest BCUT2D eigenvalue weighted by atomic mass is 9.93. The molecule has 6 nitrogen and oxygen atoms in total. The summed E-state index contributed by atoms with van der Waals surface area (Å²) < 4.78 is 43.3. The quantitative estimate of drug-likeness (QED) is 0.570. The fraction of sp³-hybridized carbons (Fsp3) is 0.524. The van der Waals surface area contributed by atoms with Crippen LogP contribution in [-0.4, -0.2) is 53.3 Å². The largest absolute Gasteiger partial charge is 0.411 e. The molecule has 3 rings (SSSR count). The Hall–Kier alpha value is -2.55. The van der Waals surface area contributed by atoms with Gasteiger partial charge in [0.2, 0.25) is 0 Å². The van der Waals surface area contributed by atoms with Crippen LogP contribution in [0.15, 0.2) is 48.0 Å². The molecule has 1 aromatic heterocycles. The van der Waals surface area contributed by atoms with E-state index in [4.69, 9.17) is 4.74 Å². The monoisotopic (exact) mass is 423 g/mol. The molecule has 1 aliphatic heterocycles. The van der Waals surface area contributed by atoms with Crippen molar-refractivity contribution in [1.82, 2.24) is 19.8 Å². The van der Waals surface area contributed by atoms with Crippen LogP contribution in [0, 0.1) is 5.92 Å². The highest BCUT2D eigenvalue weighted by Crippen LogP contribution is 2.27. The number of rotatable bonds is 6. The second kappa shape index (κ2) is 9.97. The molecule has 2 aromatic rings. The molecule has 1 aromatic carbocycles. The number of nitrogens with zero attached hydrogens (tertiary/aromatic N) is 4. The van der Waals surface area contributed by atoms with Gasteiger partial charge in [-0.15, -0.1) is 0 Å². The standard InChI is InChI=1S/C21H28F3N5O/c1-16-7-9-28(12-19(16)29-10-8-26-15-29)20(25-2)27-11-17-3-5-18(6-4-17)13-30-14-21(22,23)24/h3-6,8,10,15-16,19H,7,9,11-14H2,1-2H3,(H,25,27). The van der Waals surface area contributed by atoms with E-state index in [0.29, 0.717) is 24.1 Å². The predicted octanol–water partition coefficient (Wildman–Crippen LogP) is 3.62. The van der Waals surface area contributed by atoms with Gasteiger partial charge < -0.3 is 19.5 Å². The number of likely N-dealkylation sites (tertiary alicyclic amines) is 1. The third kappa shape index (κ3) is 6.22. The van der Waals surface area contributed by atoms with Crippen LogP contribution >= 0.6 is 0 Å². The van der Waals surface area contributed by atoms with Gasteiger partial charge in [-0.3, -0.25) is 4.99 Å². The number of guanidine groups is 1. The lowest BCUT2D eigenvalue weighted by molar-refractivity contribution is -0.176. The number of imidazole rings is 1. The van der Waals surface area contributed by atoms with E-state index in [0.717, 1.165) is 31.0 Å². The average molecular weight is 423 g/mol. The third-order valence-corrected chi connectivity index (χ3v) is 5.35. The summed E-state index contributed by atoms with van der Waals surface area (Å²) in [5.41, 5.74) is 1.73. The molecule has 0 radical (unpaired) electrons. The van der Waals surface area contributed by atoms with Crippen molar-refractivity contribution in [2.45, 2.75) is 38.7 Å². The van der Waals surface area contributed by atoms with Gasteiger partial charge in [0.1, 0.15) is 6.61 Å². The summed E-state index contributed by atoms with van der Waals surface area (Å²) in [4.78, 5) is 10.9. The molecule has 1 N–H and O–H groups in total. The summed E-state index contributed by atoms with van der Waals surface area (Å²) in [5.74, 6) is 1.39. The zero-order valence-electron chi connectivity index (χ0n) is 17.3. The first-order chi connectivity index (χ1) is 14.4. The molecule has 1 saturated heterocycles. The summed E-state index contributed by atoms with van der Waals surface area (Å²) in [7, 11) is 1.77. The summed E-state index contributed by atoms with van der Waals surface area (Å²) in [6.07, 6.45) is 2.43. The number of benzene rings is 1. The van der Waals surface area contributed by atoms with E-state index in [9.17, 15) is 13.2 Å². The smallest absolute Gasteiger partial charge is 0.367 e. The van der Waals surface area contributed by atoms with Gasteiger partial charge in [0.05, 0.1) is 19.0 Å². The lowest BCUT2D eigenvalue weighted by Gasteiger charge is -2.39. The van der Waals surface area contributed by atoms with Crippen LogP contribution in [0.5, 0.6) is 0 Å². The Balaban J connectivity index is 1.51. The summed E-state index contributed by atoms with van der Waals surface area (Å²) in [6, 6.07) is 7.69. The maximum atomic E-state index is 12.2. The number of aliphatic imine (C=N–C) groups is 1. The van der Waals surface area contributed by atoms with Gasteiger partial charge >= 0.3 is 6.18 Å². The van der Waals surface area contributed by atoms with Crippen molar-refractivity contribution in [1.29, 1.82) is 0 Å². The van der Waals surface area contributed by atoms with Crippen molar-refractivity contribution in [3.05, 3.63) is 54.1 Å². The van der Waals surface area contributed by atoms with Gasteiger partial charge in [-0.1, -0.05) is 31.2 Å². The van der Waals surface area contributed by atoms with E-state index in [1.165, 1.54) is 0 Å². The van der Waals surface area contributed by atoms with Crippen molar-refractivity contribution in [2.24, 2.45) is 10.9 Å². The SMILES string of the molecule is CN=C(NCc1ccc(COCC(F)(F)F)cc1)N1CCC(C)C(n2ccnc2)C1. The second-order valence-corrected chi connectivity index (χ2v) is 7.61. The van der Waals surface area contributed by atoms with Gasteiger partial charge in [0, 0.05) is 39.1 Å². The molecule has 9 heteroatoms. The maximum absolute atomic E-state index is 12.2. The van der Waals surface area contributed by atoms with E-state index in [1.807, 2.05) is 24.7 Å². The topological polar surface area (TPSA) is 54.7 Å². The minimum Gasteiger partial charge on any atom is -0.367 e. The van der Waals surface area contributed by atoms with Crippen LogP contribution < -0.4 is 5.32 Å². The molecule has 30 heavy (non-hydrogen) atoms. The van der Waals surface area contributed by atoms with E-state index in [2.05, 4.69) is 31.7 Å². The van der Waals surface area contributed by atoms with Crippen molar-refractivity contribution in [2.75, 3.05) is 26.7 Å². The molecule has 2 atom stereocenters.